The largest absolute Gasteiger partial charge is 0.348 e. The number of hydrogen-bond acceptors (Lipinski definition) is 5. The van der Waals surface area contributed by atoms with Gasteiger partial charge in [-0.1, -0.05) is 6.92 Å². The lowest BCUT2D eigenvalue weighted by molar-refractivity contribution is -0.463. The first-order valence-corrected chi connectivity index (χ1v) is 9.32. The van der Waals surface area contributed by atoms with Crippen molar-refractivity contribution in [2.75, 3.05) is 19.8 Å². The van der Waals surface area contributed by atoms with Crippen LogP contribution in [0.2, 0.25) is 0 Å². The smallest absolute Gasteiger partial charge is 0.340 e. The lowest BCUT2D eigenvalue weighted by Crippen LogP contribution is -2.52. The Balaban J connectivity index is 1.81. The van der Waals surface area contributed by atoms with E-state index in [0.717, 1.165) is 25.0 Å². The van der Waals surface area contributed by atoms with Crippen molar-refractivity contribution in [1.82, 2.24) is 0 Å². The predicted octanol–water partition coefficient (Wildman–Crippen LogP) is 3.52. The molecule has 142 valence electrons. The average Bonchev–Trinajstić information content (AvgIpc) is 3.17. The summed E-state index contributed by atoms with van der Waals surface area (Å²) in [7, 11) is 0. The van der Waals surface area contributed by atoms with E-state index >= 15 is 0 Å². The zero-order chi connectivity index (χ0) is 19.4. The van der Waals surface area contributed by atoms with Crippen LogP contribution in [0.1, 0.15) is 45.6 Å². The maximum atomic E-state index is 11.6. The van der Waals surface area contributed by atoms with E-state index in [1.165, 1.54) is 12.1 Å². The van der Waals surface area contributed by atoms with E-state index in [2.05, 4.69) is 26.8 Å². The van der Waals surface area contributed by atoms with Gasteiger partial charge in [0.1, 0.15) is 0 Å². The number of fused-ring (bicyclic) bond motifs is 1. The van der Waals surface area contributed by atoms with Crippen LogP contribution in [0.15, 0.2) is 18.2 Å². The summed E-state index contributed by atoms with van der Waals surface area (Å²) in [4.78, 5) is 11.2. The van der Waals surface area contributed by atoms with Crippen LogP contribution in [-0.2, 0) is 9.47 Å². The number of benzene rings is 1. The first-order valence-electron chi connectivity index (χ1n) is 9.32. The minimum absolute atomic E-state index is 0.0299. The molecule has 0 radical (unpaired) electrons. The van der Waals surface area contributed by atoms with Gasteiger partial charge in [-0.05, 0) is 19.4 Å². The van der Waals surface area contributed by atoms with Crippen LogP contribution in [0.5, 0.6) is 0 Å². The monoisotopic (exact) mass is 370 g/mol. The Morgan fingerprint density at radius 2 is 1.96 bits per heavy atom. The second-order valence-electron chi connectivity index (χ2n) is 8.42. The molecule has 7 heteroatoms. The molecule has 1 saturated heterocycles. The van der Waals surface area contributed by atoms with E-state index < -0.39 is 5.79 Å². The first-order chi connectivity index (χ1) is 12.7. The van der Waals surface area contributed by atoms with Gasteiger partial charge in [0.15, 0.2) is 18.0 Å². The zero-order valence-corrected chi connectivity index (χ0v) is 15.9. The quantitative estimate of drug-likeness (QED) is 0.451. The van der Waals surface area contributed by atoms with Crippen molar-refractivity contribution in [3.8, 4) is 6.07 Å². The van der Waals surface area contributed by atoms with Crippen molar-refractivity contribution in [2.24, 2.45) is 10.8 Å². The van der Waals surface area contributed by atoms with Crippen LogP contribution >= 0.6 is 0 Å². The minimum Gasteiger partial charge on any atom is -0.348 e. The van der Waals surface area contributed by atoms with Crippen LogP contribution in [0.4, 0.5) is 11.4 Å². The Bertz CT molecular complexity index is 897. The van der Waals surface area contributed by atoms with Gasteiger partial charge in [0.05, 0.1) is 35.2 Å². The second kappa shape index (κ2) is 5.85. The van der Waals surface area contributed by atoms with E-state index in [9.17, 15) is 15.4 Å². The average molecular weight is 370 g/mol. The molecule has 1 spiro atoms. The molecule has 4 rings (SSSR count). The highest BCUT2D eigenvalue weighted by Crippen LogP contribution is 2.59. The first kappa shape index (κ1) is 18.1. The molecule has 2 atom stereocenters. The maximum absolute atomic E-state index is 11.6. The van der Waals surface area contributed by atoms with Gasteiger partial charge in [-0.15, -0.1) is 0 Å². The normalized spacial score (nSPS) is 31.8. The topological polar surface area (TPSA) is 88.4 Å². The molecule has 2 aliphatic heterocycles. The fourth-order valence-corrected chi connectivity index (χ4v) is 5.21. The van der Waals surface area contributed by atoms with Crippen molar-refractivity contribution < 1.29 is 19.0 Å². The molecular formula is C20H24N3O4+. The van der Waals surface area contributed by atoms with E-state index in [1.54, 1.807) is 6.07 Å². The van der Waals surface area contributed by atoms with Gasteiger partial charge in [0.2, 0.25) is 0 Å². The van der Waals surface area contributed by atoms with E-state index in [1.807, 2.05) is 4.58 Å². The fraction of sp³-hybridized carbons (Fsp3) is 0.600. The van der Waals surface area contributed by atoms with Gasteiger partial charge in [0, 0.05) is 37.3 Å². The van der Waals surface area contributed by atoms with Crippen LogP contribution in [-0.4, -0.2) is 40.8 Å². The highest BCUT2D eigenvalue weighted by atomic mass is 16.7. The van der Waals surface area contributed by atoms with E-state index in [0.29, 0.717) is 31.0 Å². The van der Waals surface area contributed by atoms with E-state index in [-0.39, 0.29) is 21.4 Å². The molecule has 1 aliphatic carbocycles. The number of rotatable bonds is 2. The standard InChI is InChI=1S/C20H24N3O4/c1-14-19(3)6-7-20(26-8-9-27-20)12-18(19,2)13-22(14)17-10-15(11-21)4-5-16(17)23(24)25/h4-5,10H,6-9,12-13H2,1-3H3/q+1/t18-,19?/m0/s1. The molecule has 0 N–H and O–H groups in total. The van der Waals surface area contributed by atoms with Gasteiger partial charge < -0.3 is 9.47 Å². The maximum Gasteiger partial charge on any atom is 0.340 e. The van der Waals surface area contributed by atoms with Crippen molar-refractivity contribution in [3.63, 3.8) is 0 Å². The van der Waals surface area contributed by atoms with Crippen LogP contribution in [0, 0.1) is 32.3 Å². The Hall–Kier alpha value is -2.30. The fourth-order valence-electron chi connectivity index (χ4n) is 5.21. The number of hydrogen-bond donors (Lipinski definition) is 0. The highest BCUT2D eigenvalue weighted by molar-refractivity contribution is 5.87. The lowest BCUT2D eigenvalue weighted by atomic mass is 9.56. The van der Waals surface area contributed by atoms with Gasteiger partial charge in [-0.25, -0.2) is 0 Å². The van der Waals surface area contributed by atoms with Gasteiger partial charge in [-0.3, -0.25) is 10.1 Å². The summed E-state index contributed by atoms with van der Waals surface area (Å²) >= 11 is 0. The van der Waals surface area contributed by atoms with Gasteiger partial charge in [-0.2, -0.15) is 9.84 Å². The molecule has 0 aromatic heterocycles. The Morgan fingerprint density at radius 3 is 2.59 bits per heavy atom. The number of nitrogens with zero attached hydrogens (tertiary/aromatic N) is 3. The SMILES string of the molecule is CC1=[N+](c2cc(C#N)ccc2[N+](=O)[O-])C[C@]2(C)CC3(CCC12C)OCCO3. The van der Waals surface area contributed by atoms with Gasteiger partial charge >= 0.3 is 5.69 Å². The third kappa shape index (κ3) is 2.51. The molecule has 1 aromatic carbocycles. The van der Waals surface area contributed by atoms with E-state index in [4.69, 9.17) is 9.47 Å². The molecule has 1 saturated carbocycles. The van der Waals surface area contributed by atoms with Crippen molar-refractivity contribution >= 4 is 17.1 Å². The summed E-state index contributed by atoms with van der Waals surface area (Å²) in [6, 6.07) is 6.65. The van der Waals surface area contributed by atoms with Crippen LogP contribution < -0.4 is 0 Å². The summed E-state index contributed by atoms with van der Waals surface area (Å²) in [5.74, 6) is -0.523. The summed E-state index contributed by atoms with van der Waals surface area (Å²) in [6.45, 7) is 8.40. The second-order valence-corrected chi connectivity index (χ2v) is 8.42. The number of nitriles is 1. The third-order valence-corrected chi connectivity index (χ3v) is 7.11. The third-order valence-electron chi connectivity index (χ3n) is 7.11. The molecular weight excluding hydrogens is 346 g/mol. The van der Waals surface area contributed by atoms with Gasteiger partial charge in [0.25, 0.3) is 5.69 Å². The lowest BCUT2D eigenvalue weighted by Gasteiger charge is -2.48. The summed E-state index contributed by atoms with van der Waals surface area (Å²) in [6.07, 6.45) is 2.48. The summed E-state index contributed by atoms with van der Waals surface area (Å²) < 4.78 is 14.0. The molecule has 7 nitrogen and oxygen atoms in total. The van der Waals surface area contributed by atoms with Crippen molar-refractivity contribution in [3.05, 3.63) is 33.9 Å². The molecule has 3 aliphatic rings. The number of ether oxygens (including phenoxy) is 2. The molecule has 2 fully saturated rings. The number of nitro groups is 1. The molecule has 0 amide bonds. The van der Waals surface area contributed by atoms with Crippen LogP contribution in [0.25, 0.3) is 0 Å². The molecule has 2 heterocycles. The molecule has 1 aromatic rings. The summed E-state index contributed by atoms with van der Waals surface area (Å²) in [5.41, 5.74) is 1.81. The molecule has 27 heavy (non-hydrogen) atoms. The van der Waals surface area contributed by atoms with Crippen molar-refractivity contribution in [2.45, 2.75) is 45.8 Å². The summed E-state index contributed by atoms with van der Waals surface area (Å²) in [5, 5.41) is 20.9. The zero-order valence-electron chi connectivity index (χ0n) is 15.9. The Labute approximate surface area is 158 Å². The molecule has 1 unspecified atom stereocenters. The Morgan fingerprint density at radius 1 is 1.26 bits per heavy atom. The van der Waals surface area contributed by atoms with Crippen LogP contribution in [0.3, 0.4) is 0 Å². The highest BCUT2D eigenvalue weighted by Gasteiger charge is 2.65. The Kier molecular flexibility index (Phi) is 3.92. The molecule has 0 bridgehead atoms. The number of nitro benzene ring substituents is 1. The predicted molar refractivity (Wildman–Crippen MR) is 98.0 cm³/mol. The minimum atomic E-state index is -0.523. The van der Waals surface area contributed by atoms with Crippen molar-refractivity contribution in [1.29, 1.82) is 5.26 Å².